The van der Waals surface area contributed by atoms with Crippen LogP contribution >= 0.6 is 11.3 Å². The van der Waals surface area contributed by atoms with E-state index >= 15 is 0 Å². The summed E-state index contributed by atoms with van der Waals surface area (Å²) in [6.07, 6.45) is 4.48. The van der Waals surface area contributed by atoms with E-state index in [1.54, 1.807) is 11.3 Å². The van der Waals surface area contributed by atoms with Crippen molar-refractivity contribution in [3.8, 4) is 0 Å². The van der Waals surface area contributed by atoms with E-state index < -0.39 is 0 Å². The molecule has 16 heavy (non-hydrogen) atoms. The molecule has 1 aromatic rings. The van der Waals surface area contributed by atoms with E-state index in [0.717, 1.165) is 25.8 Å². The van der Waals surface area contributed by atoms with E-state index in [0.29, 0.717) is 24.5 Å². The summed E-state index contributed by atoms with van der Waals surface area (Å²) in [5.74, 6) is 0.982. The van der Waals surface area contributed by atoms with Gasteiger partial charge in [-0.2, -0.15) is 0 Å². The predicted octanol–water partition coefficient (Wildman–Crippen LogP) is 3.01. The summed E-state index contributed by atoms with van der Waals surface area (Å²) in [5.41, 5.74) is 5.54. The highest BCUT2D eigenvalue weighted by Gasteiger charge is 2.09. The fourth-order valence-corrected chi connectivity index (χ4v) is 2.58. The van der Waals surface area contributed by atoms with Gasteiger partial charge < -0.3 is 5.73 Å². The van der Waals surface area contributed by atoms with Crippen LogP contribution in [0.4, 0.5) is 0 Å². The largest absolute Gasteiger partial charge is 0.330 e. The first-order valence-corrected chi connectivity index (χ1v) is 6.88. The Labute approximate surface area is 102 Å². The third-order valence-electron chi connectivity index (χ3n) is 2.94. The molecule has 1 atom stereocenters. The van der Waals surface area contributed by atoms with Crippen LogP contribution in [0.25, 0.3) is 0 Å². The molecule has 0 aliphatic rings. The molecule has 1 heterocycles. The summed E-state index contributed by atoms with van der Waals surface area (Å²) < 4.78 is 0. The molecular weight excluding hydrogens is 218 g/mol. The fraction of sp³-hybridized carbons (Fsp3) is 0.615. The smallest absolute Gasteiger partial charge is 0.138 e. The predicted molar refractivity (Wildman–Crippen MR) is 69.7 cm³/mol. The average Bonchev–Trinajstić information content (AvgIpc) is 2.76. The zero-order valence-electron chi connectivity index (χ0n) is 9.95. The lowest BCUT2D eigenvalue weighted by atomic mass is 9.95. The molecular formula is C13H21NOS. The third-order valence-corrected chi connectivity index (χ3v) is 3.81. The van der Waals surface area contributed by atoms with Crippen LogP contribution in [0.15, 0.2) is 17.5 Å². The van der Waals surface area contributed by atoms with Crippen LogP contribution in [0.1, 0.15) is 37.5 Å². The van der Waals surface area contributed by atoms with Crippen LogP contribution < -0.4 is 5.73 Å². The number of ketones is 1. The fourth-order valence-electron chi connectivity index (χ4n) is 1.85. The van der Waals surface area contributed by atoms with Crippen LogP contribution in [-0.4, -0.2) is 12.3 Å². The minimum Gasteiger partial charge on any atom is -0.330 e. The van der Waals surface area contributed by atoms with Crippen LogP contribution in [0.2, 0.25) is 0 Å². The van der Waals surface area contributed by atoms with Gasteiger partial charge in [-0.05, 0) is 36.8 Å². The molecule has 0 radical (unpaired) electrons. The van der Waals surface area contributed by atoms with Crippen molar-refractivity contribution in [2.75, 3.05) is 6.54 Å². The van der Waals surface area contributed by atoms with Crippen molar-refractivity contribution in [2.45, 2.75) is 39.0 Å². The molecule has 0 amide bonds. The number of rotatable bonds is 8. The molecule has 1 unspecified atom stereocenters. The number of Topliss-reactive ketones (excluding diaryl/α,β-unsaturated/α-hetero) is 1. The van der Waals surface area contributed by atoms with Crippen molar-refractivity contribution >= 4 is 17.1 Å². The molecule has 0 saturated carbocycles. The second kappa shape index (κ2) is 7.58. The first kappa shape index (κ1) is 13.4. The van der Waals surface area contributed by atoms with Gasteiger partial charge in [0, 0.05) is 17.7 Å². The number of hydrogen-bond acceptors (Lipinski definition) is 3. The lowest BCUT2D eigenvalue weighted by Crippen LogP contribution is -2.10. The molecule has 0 spiro atoms. The molecule has 0 aliphatic carbocycles. The quantitative estimate of drug-likeness (QED) is 0.757. The van der Waals surface area contributed by atoms with E-state index in [2.05, 4.69) is 6.92 Å². The highest BCUT2D eigenvalue weighted by molar-refractivity contribution is 7.10. The number of carbonyl (C=O) groups is 1. The van der Waals surface area contributed by atoms with E-state index in [1.165, 1.54) is 4.88 Å². The Morgan fingerprint density at radius 1 is 1.50 bits per heavy atom. The molecule has 0 fully saturated rings. The molecule has 0 bridgehead atoms. The number of nitrogens with two attached hydrogens (primary N) is 1. The van der Waals surface area contributed by atoms with Crippen LogP contribution in [0.3, 0.4) is 0 Å². The molecule has 1 rings (SSSR count). The summed E-state index contributed by atoms with van der Waals surface area (Å²) in [7, 11) is 0. The van der Waals surface area contributed by atoms with Gasteiger partial charge in [0.05, 0.1) is 0 Å². The van der Waals surface area contributed by atoms with Crippen LogP contribution in [0, 0.1) is 5.92 Å². The maximum Gasteiger partial charge on any atom is 0.138 e. The summed E-state index contributed by atoms with van der Waals surface area (Å²) in [5, 5.41) is 2.02. The summed E-state index contributed by atoms with van der Waals surface area (Å²) in [6, 6.07) is 4.02. The van der Waals surface area contributed by atoms with Crippen molar-refractivity contribution < 1.29 is 4.79 Å². The maximum absolute atomic E-state index is 11.7. The second-order valence-electron chi connectivity index (χ2n) is 4.19. The summed E-state index contributed by atoms with van der Waals surface area (Å²) >= 11 is 1.66. The zero-order chi connectivity index (χ0) is 11.8. The third kappa shape index (κ3) is 4.90. The summed E-state index contributed by atoms with van der Waals surface area (Å²) in [4.78, 5) is 12.9. The topological polar surface area (TPSA) is 43.1 Å². The van der Waals surface area contributed by atoms with Gasteiger partial charge in [-0.15, -0.1) is 11.3 Å². The minimum atomic E-state index is 0.359. The zero-order valence-corrected chi connectivity index (χ0v) is 10.8. The van der Waals surface area contributed by atoms with E-state index in [1.807, 2.05) is 17.5 Å². The Kier molecular flexibility index (Phi) is 6.34. The summed E-state index contributed by atoms with van der Waals surface area (Å²) in [6.45, 7) is 2.90. The molecule has 0 aromatic carbocycles. The lowest BCUT2D eigenvalue weighted by molar-refractivity contribution is -0.118. The normalized spacial score (nSPS) is 12.6. The number of hydrogen-bond donors (Lipinski definition) is 1. The van der Waals surface area contributed by atoms with Gasteiger partial charge in [0.1, 0.15) is 5.78 Å². The molecule has 1 aromatic heterocycles. The first-order chi connectivity index (χ1) is 7.76. The van der Waals surface area contributed by atoms with Gasteiger partial charge in [-0.1, -0.05) is 19.4 Å². The standard InChI is InChI=1S/C13H21NOS/c1-2-11(7-8-14)5-6-12(15)10-13-4-3-9-16-13/h3-4,9,11H,2,5-8,10,14H2,1H3. The lowest BCUT2D eigenvalue weighted by Gasteiger charge is -2.12. The average molecular weight is 239 g/mol. The van der Waals surface area contributed by atoms with E-state index in [4.69, 9.17) is 5.73 Å². The van der Waals surface area contributed by atoms with Crippen molar-refractivity contribution in [1.82, 2.24) is 0 Å². The minimum absolute atomic E-state index is 0.359. The van der Waals surface area contributed by atoms with Crippen molar-refractivity contribution in [3.05, 3.63) is 22.4 Å². The van der Waals surface area contributed by atoms with Gasteiger partial charge in [0.25, 0.3) is 0 Å². The van der Waals surface area contributed by atoms with E-state index in [-0.39, 0.29) is 0 Å². The Morgan fingerprint density at radius 2 is 2.31 bits per heavy atom. The van der Waals surface area contributed by atoms with Gasteiger partial charge in [0.15, 0.2) is 0 Å². The van der Waals surface area contributed by atoms with Gasteiger partial charge in [0.2, 0.25) is 0 Å². The van der Waals surface area contributed by atoms with Crippen molar-refractivity contribution in [2.24, 2.45) is 11.7 Å². The Balaban J connectivity index is 2.24. The first-order valence-electron chi connectivity index (χ1n) is 6.00. The maximum atomic E-state index is 11.7. The Hall–Kier alpha value is -0.670. The molecule has 2 N–H and O–H groups in total. The van der Waals surface area contributed by atoms with Crippen molar-refractivity contribution in [1.29, 1.82) is 0 Å². The molecule has 0 saturated heterocycles. The highest BCUT2D eigenvalue weighted by Crippen LogP contribution is 2.16. The van der Waals surface area contributed by atoms with Gasteiger partial charge >= 0.3 is 0 Å². The Bertz CT molecular complexity index is 295. The number of thiophene rings is 1. The number of carbonyl (C=O) groups excluding carboxylic acids is 1. The van der Waals surface area contributed by atoms with E-state index in [9.17, 15) is 4.79 Å². The van der Waals surface area contributed by atoms with Crippen LogP contribution in [-0.2, 0) is 11.2 Å². The van der Waals surface area contributed by atoms with Gasteiger partial charge in [-0.25, -0.2) is 0 Å². The molecule has 90 valence electrons. The second-order valence-corrected chi connectivity index (χ2v) is 5.22. The van der Waals surface area contributed by atoms with Crippen LogP contribution in [0.5, 0.6) is 0 Å². The molecule has 3 heteroatoms. The van der Waals surface area contributed by atoms with Crippen molar-refractivity contribution in [3.63, 3.8) is 0 Å². The monoisotopic (exact) mass is 239 g/mol. The van der Waals surface area contributed by atoms with Gasteiger partial charge in [-0.3, -0.25) is 4.79 Å². The SMILES string of the molecule is CCC(CCN)CCC(=O)Cc1cccs1. The molecule has 2 nitrogen and oxygen atoms in total. The molecule has 0 aliphatic heterocycles. The highest BCUT2D eigenvalue weighted by atomic mass is 32.1. The Morgan fingerprint density at radius 3 is 2.88 bits per heavy atom.